The van der Waals surface area contributed by atoms with E-state index in [-0.39, 0.29) is 5.60 Å². The summed E-state index contributed by atoms with van der Waals surface area (Å²) in [6, 6.07) is 8.72. The van der Waals surface area contributed by atoms with E-state index in [0.29, 0.717) is 0 Å². The number of hydrogen-bond donors (Lipinski definition) is 2. The van der Waals surface area contributed by atoms with E-state index in [9.17, 15) is 5.11 Å². The van der Waals surface area contributed by atoms with Crippen molar-refractivity contribution in [3.05, 3.63) is 35.4 Å². The molecule has 3 N–H and O–H groups in total. The normalized spacial score (nSPS) is 17.4. The van der Waals surface area contributed by atoms with Crippen LogP contribution in [0.1, 0.15) is 36.8 Å². The fraction of sp³-hybridized carbons (Fsp3) is 0.571. The van der Waals surface area contributed by atoms with Crippen LogP contribution in [0.4, 0.5) is 0 Å². The van der Waals surface area contributed by atoms with Gasteiger partial charge in [-0.2, -0.15) is 0 Å². The summed E-state index contributed by atoms with van der Waals surface area (Å²) in [5, 5.41) is 9.75. The second-order valence-corrected chi connectivity index (χ2v) is 4.93. The minimum atomic E-state index is -0.321. The van der Waals surface area contributed by atoms with E-state index in [4.69, 9.17) is 5.73 Å². The van der Waals surface area contributed by atoms with Crippen molar-refractivity contribution < 1.29 is 5.11 Å². The van der Waals surface area contributed by atoms with Crippen molar-refractivity contribution in [1.29, 1.82) is 0 Å². The molecule has 0 bridgehead atoms. The van der Waals surface area contributed by atoms with Gasteiger partial charge in [-0.25, -0.2) is 0 Å². The third-order valence-electron chi connectivity index (χ3n) is 3.40. The Bertz CT molecular complexity index is 327. The highest BCUT2D eigenvalue weighted by Gasteiger charge is 2.39. The van der Waals surface area contributed by atoms with Gasteiger partial charge in [-0.15, -0.1) is 0 Å². The van der Waals surface area contributed by atoms with E-state index in [1.807, 2.05) is 0 Å². The summed E-state index contributed by atoms with van der Waals surface area (Å²) in [4.78, 5) is 0. The largest absolute Gasteiger partial charge is 0.390 e. The van der Waals surface area contributed by atoms with Gasteiger partial charge in [0, 0.05) is 0 Å². The number of benzene rings is 1. The SMILES string of the molecule is NCCCc1ccc(CCC2(O)CC2)cc1. The van der Waals surface area contributed by atoms with Crippen LogP contribution in [0.2, 0.25) is 0 Å². The second kappa shape index (κ2) is 4.98. The molecule has 0 unspecified atom stereocenters. The molecule has 0 aromatic heterocycles. The number of aryl methyl sites for hydroxylation is 2. The molecule has 1 saturated carbocycles. The molecule has 0 radical (unpaired) electrons. The van der Waals surface area contributed by atoms with Crippen molar-refractivity contribution in [2.45, 2.75) is 44.1 Å². The molecule has 0 heterocycles. The molecule has 1 aromatic carbocycles. The molecular formula is C14H21NO. The standard InChI is InChI=1S/C14H21NO/c15-11-1-2-12-3-5-13(6-4-12)7-8-14(16)9-10-14/h3-6,16H,1-2,7-11,15H2. The Labute approximate surface area is 97.5 Å². The highest BCUT2D eigenvalue weighted by atomic mass is 16.3. The minimum absolute atomic E-state index is 0.321. The first-order chi connectivity index (χ1) is 7.72. The first-order valence-electron chi connectivity index (χ1n) is 6.22. The maximum Gasteiger partial charge on any atom is 0.0653 e. The predicted molar refractivity (Wildman–Crippen MR) is 66.3 cm³/mol. The fourth-order valence-corrected chi connectivity index (χ4v) is 1.95. The van der Waals surface area contributed by atoms with Crippen LogP contribution >= 0.6 is 0 Å². The van der Waals surface area contributed by atoms with Crippen molar-refractivity contribution in [3.63, 3.8) is 0 Å². The van der Waals surface area contributed by atoms with Gasteiger partial charge < -0.3 is 10.8 Å². The summed E-state index contributed by atoms with van der Waals surface area (Å²) < 4.78 is 0. The lowest BCUT2D eigenvalue weighted by atomic mass is 10.0. The maximum absolute atomic E-state index is 9.75. The Morgan fingerprint density at radius 3 is 2.12 bits per heavy atom. The summed E-state index contributed by atoms with van der Waals surface area (Å²) in [5.41, 5.74) is 7.85. The Kier molecular flexibility index (Phi) is 3.62. The highest BCUT2D eigenvalue weighted by molar-refractivity contribution is 5.23. The molecule has 1 aromatic rings. The molecule has 1 aliphatic rings. The number of rotatable bonds is 6. The Morgan fingerprint density at radius 2 is 1.62 bits per heavy atom. The van der Waals surface area contributed by atoms with Gasteiger partial charge in [0.1, 0.15) is 0 Å². The maximum atomic E-state index is 9.75. The molecule has 2 rings (SSSR count). The predicted octanol–water partition coefficient (Wildman–Crippen LogP) is 2.04. The van der Waals surface area contributed by atoms with Gasteiger partial charge in [0.25, 0.3) is 0 Å². The minimum Gasteiger partial charge on any atom is -0.390 e. The van der Waals surface area contributed by atoms with Gasteiger partial charge in [-0.1, -0.05) is 24.3 Å². The molecule has 2 heteroatoms. The van der Waals surface area contributed by atoms with Crippen molar-refractivity contribution >= 4 is 0 Å². The molecule has 88 valence electrons. The van der Waals surface area contributed by atoms with E-state index in [1.54, 1.807) is 0 Å². The van der Waals surface area contributed by atoms with Crippen molar-refractivity contribution in [3.8, 4) is 0 Å². The lowest BCUT2D eigenvalue weighted by molar-refractivity contribution is 0.140. The molecule has 0 saturated heterocycles. The Morgan fingerprint density at radius 1 is 1.06 bits per heavy atom. The molecule has 0 amide bonds. The third kappa shape index (κ3) is 3.32. The van der Waals surface area contributed by atoms with Crippen LogP contribution < -0.4 is 5.73 Å². The van der Waals surface area contributed by atoms with E-state index < -0.39 is 0 Å². The third-order valence-corrected chi connectivity index (χ3v) is 3.40. The molecule has 1 fully saturated rings. The Balaban J connectivity index is 1.81. The fourth-order valence-electron chi connectivity index (χ4n) is 1.95. The van der Waals surface area contributed by atoms with E-state index in [1.165, 1.54) is 11.1 Å². The van der Waals surface area contributed by atoms with Crippen molar-refractivity contribution in [2.75, 3.05) is 6.54 Å². The van der Waals surface area contributed by atoms with E-state index in [0.717, 1.165) is 45.1 Å². The molecule has 1 aliphatic carbocycles. The molecule has 16 heavy (non-hydrogen) atoms. The lowest BCUT2D eigenvalue weighted by Gasteiger charge is -2.07. The van der Waals surface area contributed by atoms with Gasteiger partial charge in [0.15, 0.2) is 0 Å². The van der Waals surface area contributed by atoms with Crippen LogP contribution in [0.25, 0.3) is 0 Å². The van der Waals surface area contributed by atoms with Gasteiger partial charge in [-0.3, -0.25) is 0 Å². The summed E-state index contributed by atoms with van der Waals surface area (Å²) in [5.74, 6) is 0. The number of aliphatic hydroxyl groups is 1. The summed E-state index contributed by atoms with van der Waals surface area (Å²) in [6.07, 6.45) is 6.01. The summed E-state index contributed by atoms with van der Waals surface area (Å²) in [6.45, 7) is 0.759. The Hall–Kier alpha value is -0.860. The van der Waals surface area contributed by atoms with Gasteiger partial charge in [0.05, 0.1) is 5.60 Å². The molecule has 0 aliphatic heterocycles. The van der Waals surface area contributed by atoms with Gasteiger partial charge in [0.2, 0.25) is 0 Å². The quantitative estimate of drug-likeness (QED) is 0.769. The van der Waals surface area contributed by atoms with Crippen LogP contribution in [0.5, 0.6) is 0 Å². The van der Waals surface area contributed by atoms with Crippen molar-refractivity contribution in [2.24, 2.45) is 5.73 Å². The molecule has 0 atom stereocenters. The topological polar surface area (TPSA) is 46.2 Å². The smallest absolute Gasteiger partial charge is 0.0653 e. The molecule has 2 nitrogen and oxygen atoms in total. The van der Waals surface area contributed by atoms with Crippen molar-refractivity contribution in [1.82, 2.24) is 0 Å². The van der Waals surface area contributed by atoms with Crippen LogP contribution in [0, 0.1) is 0 Å². The van der Waals surface area contributed by atoms with Crippen LogP contribution in [-0.2, 0) is 12.8 Å². The average Bonchev–Trinajstić information content (AvgIpc) is 3.04. The highest BCUT2D eigenvalue weighted by Crippen LogP contribution is 2.39. The zero-order valence-corrected chi connectivity index (χ0v) is 9.78. The van der Waals surface area contributed by atoms with Crippen LogP contribution in [0.15, 0.2) is 24.3 Å². The zero-order valence-electron chi connectivity index (χ0n) is 9.78. The molecule has 0 spiro atoms. The number of hydrogen-bond acceptors (Lipinski definition) is 2. The van der Waals surface area contributed by atoms with Crippen LogP contribution in [-0.4, -0.2) is 17.3 Å². The first kappa shape index (κ1) is 11.6. The second-order valence-electron chi connectivity index (χ2n) is 4.93. The lowest BCUT2D eigenvalue weighted by Crippen LogP contribution is -2.07. The summed E-state index contributed by atoms with van der Waals surface area (Å²) >= 11 is 0. The van der Waals surface area contributed by atoms with Gasteiger partial charge in [-0.05, 0) is 56.2 Å². The number of nitrogens with two attached hydrogens (primary N) is 1. The van der Waals surface area contributed by atoms with E-state index in [2.05, 4.69) is 24.3 Å². The van der Waals surface area contributed by atoms with Gasteiger partial charge >= 0.3 is 0 Å². The van der Waals surface area contributed by atoms with E-state index >= 15 is 0 Å². The first-order valence-corrected chi connectivity index (χ1v) is 6.22. The monoisotopic (exact) mass is 219 g/mol. The molecular weight excluding hydrogens is 198 g/mol. The average molecular weight is 219 g/mol. The van der Waals surface area contributed by atoms with Crippen LogP contribution in [0.3, 0.4) is 0 Å². The zero-order chi connectivity index (χ0) is 11.4. The summed E-state index contributed by atoms with van der Waals surface area (Å²) in [7, 11) is 0.